The first-order valence-corrected chi connectivity index (χ1v) is 14.4. The second-order valence-corrected chi connectivity index (χ2v) is 14.1. The Kier molecular flexibility index (Phi) is 4.87. The van der Waals surface area contributed by atoms with E-state index in [0.29, 0.717) is 19.1 Å². The van der Waals surface area contributed by atoms with Gasteiger partial charge in [-0.3, -0.25) is 0 Å². The van der Waals surface area contributed by atoms with Crippen LogP contribution in [-0.2, 0) is 21.3 Å². The van der Waals surface area contributed by atoms with Gasteiger partial charge in [-0.1, -0.05) is 0 Å². The first kappa shape index (κ1) is 18.1. The normalized spacial score (nSPS) is 20.8. The summed E-state index contributed by atoms with van der Waals surface area (Å²) in [5, 5.41) is 0. The molecule has 4 rings (SSSR count). The molecule has 0 saturated carbocycles. The molecule has 0 radical (unpaired) electrons. The number of hydrogen-bond acceptors (Lipinski definition) is 0. The SMILES string of the molecule is [CH2]=[Zr]([CH]1C=C(C(C)C)c2ccccc21)[CH]1C=C(C(C)C)c2ccccc21. The van der Waals surface area contributed by atoms with Crippen LogP contribution >= 0.6 is 0 Å². The molecule has 0 amide bonds. The van der Waals surface area contributed by atoms with Crippen LogP contribution in [0.5, 0.6) is 0 Å². The van der Waals surface area contributed by atoms with Crippen molar-refractivity contribution < 1.29 is 21.3 Å². The standard InChI is InChI=1S/2C12H13.CH2.Zr/c2*1-9(2)11-8-7-10-5-3-4-6-12(10)11;;/h2*3-9H,1-2H3;1H2;. The second-order valence-electron chi connectivity index (χ2n) is 8.26. The van der Waals surface area contributed by atoms with Crippen molar-refractivity contribution in [2.45, 2.75) is 34.9 Å². The number of benzene rings is 2. The average Bonchev–Trinajstić information content (AvgIpc) is 3.20. The van der Waals surface area contributed by atoms with Gasteiger partial charge in [0.15, 0.2) is 0 Å². The zero-order valence-corrected chi connectivity index (χ0v) is 18.7. The zero-order chi connectivity index (χ0) is 18.4. The first-order chi connectivity index (χ1) is 12.5. The van der Waals surface area contributed by atoms with Crippen molar-refractivity contribution in [2.24, 2.45) is 11.8 Å². The van der Waals surface area contributed by atoms with Crippen molar-refractivity contribution in [3.05, 3.63) is 82.9 Å². The van der Waals surface area contributed by atoms with Crippen LogP contribution in [0.15, 0.2) is 60.7 Å². The Morgan fingerprint density at radius 1 is 0.692 bits per heavy atom. The number of hydrogen-bond donors (Lipinski definition) is 0. The van der Waals surface area contributed by atoms with Crippen molar-refractivity contribution in [3.8, 4) is 0 Å². The topological polar surface area (TPSA) is 0 Å². The molecule has 0 spiro atoms. The van der Waals surface area contributed by atoms with Gasteiger partial charge in [0.05, 0.1) is 0 Å². The molecular formula is C25H28Zr. The van der Waals surface area contributed by atoms with Crippen LogP contribution < -0.4 is 0 Å². The molecule has 1 heteroatoms. The Hall–Kier alpha value is -1.33. The summed E-state index contributed by atoms with van der Waals surface area (Å²) in [7, 11) is 0. The van der Waals surface area contributed by atoms with Crippen LogP contribution in [0.4, 0.5) is 0 Å². The molecule has 0 bridgehead atoms. The Bertz CT molecular complexity index is 851. The molecule has 26 heavy (non-hydrogen) atoms. The van der Waals surface area contributed by atoms with Crippen molar-refractivity contribution >= 4 is 15.4 Å². The van der Waals surface area contributed by atoms with E-state index in [0.717, 1.165) is 0 Å². The summed E-state index contributed by atoms with van der Waals surface area (Å²) in [6, 6.07) is 18.1. The van der Waals surface area contributed by atoms with E-state index in [4.69, 9.17) is 4.21 Å². The number of rotatable bonds is 4. The molecular weight excluding hydrogens is 391 g/mol. The van der Waals surface area contributed by atoms with Crippen LogP contribution in [0, 0.1) is 11.8 Å². The minimum absolute atomic E-state index is 0.579. The summed E-state index contributed by atoms with van der Waals surface area (Å²) < 4.78 is 6.07. The molecule has 2 aliphatic carbocycles. The molecule has 2 aromatic carbocycles. The van der Waals surface area contributed by atoms with Gasteiger partial charge in [0.1, 0.15) is 0 Å². The Balaban J connectivity index is 1.78. The first-order valence-electron chi connectivity index (χ1n) is 9.79. The van der Waals surface area contributed by atoms with Gasteiger partial charge in [-0.05, 0) is 0 Å². The van der Waals surface area contributed by atoms with E-state index in [2.05, 4.69) is 88.4 Å². The molecule has 0 fully saturated rings. The molecule has 2 aromatic rings. The van der Waals surface area contributed by atoms with Crippen molar-refractivity contribution in [1.29, 1.82) is 0 Å². The van der Waals surface area contributed by atoms with Gasteiger partial charge in [-0.25, -0.2) is 0 Å². The fraction of sp³-hybridized carbons (Fsp3) is 0.320. The van der Waals surface area contributed by atoms with Gasteiger partial charge in [0, 0.05) is 0 Å². The number of allylic oxidation sites excluding steroid dienone is 4. The van der Waals surface area contributed by atoms with Crippen molar-refractivity contribution in [1.82, 2.24) is 0 Å². The van der Waals surface area contributed by atoms with Crippen LogP contribution in [0.25, 0.3) is 11.1 Å². The molecule has 0 heterocycles. The van der Waals surface area contributed by atoms with E-state index in [1.807, 2.05) is 0 Å². The molecule has 2 unspecified atom stereocenters. The molecule has 0 aromatic heterocycles. The Morgan fingerprint density at radius 3 is 1.46 bits per heavy atom. The van der Waals surface area contributed by atoms with Crippen LogP contribution in [-0.4, -0.2) is 4.21 Å². The average molecular weight is 420 g/mol. The van der Waals surface area contributed by atoms with Gasteiger partial charge in [-0.15, -0.1) is 0 Å². The maximum atomic E-state index is 4.89. The second kappa shape index (κ2) is 7.01. The summed E-state index contributed by atoms with van der Waals surface area (Å²) in [6.45, 7) is 9.27. The van der Waals surface area contributed by atoms with Crippen LogP contribution in [0.1, 0.15) is 57.2 Å². The fourth-order valence-corrected chi connectivity index (χ4v) is 10.7. The van der Waals surface area contributed by atoms with E-state index >= 15 is 0 Å². The van der Waals surface area contributed by atoms with Gasteiger partial charge >= 0.3 is 166 Å². The van der Waals surface area contributed by atoms with Crippen molar-refractivity contribution in [2.75, 3.05) is 0 Å². The minimum atomic E-state index is -2.03. The van der Waals surface area contributed by atoms with Crippen molar-refractivity contribution in [3.63, 3.8) is 0 Å². The monoisotopic (exact) mass is 418 g/mol. The molecule has 0 saturated heterocycles. The van der Waals surface area contributed by atoms with E-state index in [1.165, 1.54) is 22.3 Å². The molecule has 2 atom stereocenters. The van der Waals surface area contributed by atoms with E-state index in [9.17, 15) is 0 Å². The molecule has 0 nitrogen and oxygen atoms in total. The van der Waals surface area contributed by atoms with E-state index in [-0.39, 0.29) is 0 Å². The third-order valence-corrected chi connectivity index (χ3v) is 12.2. The molecule has 0 aliphatic heterocycles. The quantitative estimate of drug-likeness (QED) is 0.522. The fourth-order valence-electron chi connectivity index (χ4n) is 4.59. The van der Waals surface area contributed by atoms with E-state index < -0.39 is 21.3 Å². The predicted molar refractivity (Wildman–Crippen MR) is 111 cm³/mol. The van der Waals surface area contributed by atoms with Gasteiger partial charge in [0.2, 0.25) is 0 Å². The summed E-state index contributed by atoms with van der Waals surface area (Å²) >= 11 is -2.03. The third-order valence-electron chi connectivity index (χ3n) is 5.95. The van der Waals surface area contributed by atoms with Crippen LogP contribution in [0.2, 0.25) is 0 Å². The number of fused-ring (bicyclic) bond motifs is 2. The molecule has 132 valence electrons. The molecule has 2 aliphatic rings. The van der Waals surface area contributed by atoms with Gasteiger partial charge < -0.3 is 0 Å². The summed E-state index contributed by atoms with van der Waals surface area (Å²) in [5.41, 5.74) is 9.12. The summed E-state index contributed by atoms with van der Waals surface area (Å²) in [5.74, 6) is 1.16. The van der Waals surface area contributed by atoms with Gasteiger partial charge in [0.25, 0.3) is 0 Å². The Labute approximate surface area is 165 Å². The molecule has 0 N–H and O–H groups in total. The Morgan fingerprint density at radius 2 is 1.08 bits per heavy atom. The van der Waals surface area contributed by atoms with Gasteiger partial charge in [-0.2, -0.15) is 0 Å². The summed E-state index contributed by atoms with van der Waals surface area (Å²) in [4.78, 5) is 0. The third kappa shape index (κ3) is 2.89. The van der Waals surface area contributed by atoms with Crippen LogP contribution in [0.3, 0.4) is 0 Å². The van der Waals surface area contributed by atoms with E-state index in [1.54, 1.807) is 11.1 Å². The maximum absolute atomic E-state index is 4.89. The predicted octanol–water partition coefficient (Wildman–Crippen LogP) is 6.63. The zero-order valence-electron chi connectivity index (χ0n) is 16.3. The summed E-state index contributed by atoms with van der Waals surface area (Å²) in [6.07, 6.45) is 5.17.